The van der Waals surface area contributed by atoms with Gasteiger partial charge in [0.25, 0.3) is 0 Å². The van der Waals surface area contributed by atoms with Gasteiger partial charge in [0.05, 0.1) is 12.3 Å². The highest BCUT2D eigenvalue weighted by Gasteiger charge is 2.27. The van der Waals surface area contributed by atoms with E-state index in [2.05, 4.69) is 10.5 Å². The summed E-state index contributed by atoms with van der Waals surface area (Å²) in [6.45, 7) is 8.84. The fraction of sp³-hybridized carbons (Fsp3) is 0.583. The lowest BCUT2D eigenvalue weighted by atomic mass is 9.96. The Morgan fingerprint density at radius 3 is 2.50 bits per heavy atom. The van der Waals surface area contributed by atoms with E-state index in [1.54, 1.807) is 34.6 Å². The van der Waals surface area contributed by atoms with Crippen molar-refractivity contribution in [2.75, 3.05) is 11.9 Å². The first-order chi connectivity index (χ1) is 8.27. The van der Waals surface area contributed by atoms with Crippen molar-refractivity contribution in [2.45, 2.75) is 34.6 Å². The second-order valence-corrected chi connectivity index (χ2v) is 4.90. The van der Waals surface area contributed by atoms with E-state index in [9.17, 15) is 9.59 Å². The van der Waals surface area contributed by atoms with Gasteiger partial charge in [-0.15, -0.1) is 0 Å². The van der Waals surface area contributed by atoms with E-state index in [0.29, 0.717) is 5.69 Å². The number of hydrogen-bond acceptors (Lipinski definition) is 5. The first kappa shape index (κ1) is 14.2. The highest BCUT2D eigenvalue weighted by molar-refractivity contribution is 6.01. The van der Waals surface area contributed by atoms with Gasteiger partial charge in [0.2, 0.25) is 11.8 Å². The zero-order valence-corrected chi connectivity index (χ0v) is 11.3. The molecule has 1 heterocycles. The molecule has 0 radical (unpaired) electrons. The lowest BCUT2D eigenvalue weighted by Crippen LogP contribution is -2.28. The molecule has 1 rings (SSSR count). The summed E-state index contributed by atoms with van der Waals surface area (Å²) >= 11 is 0. The average Bonchev–Trinajstić information content (AvgIpc) is 2.58. The third-order valence-electron chi connectivity index (χ3n) is 2.25. The van der Waals surface area contributed by atoms with Crippen LogP contribution < -0.4 is 5.32 Å². The van der Waals surface area contributed by atoms with E-state index >= 15 is 0 Å². The second-order valence-electron chi connectivity index (χ2n) is 4.90. The number of amides is 1. The maximum atomic E-state index is 11.8. The molecule has 6 nitrogen and oxygen atoms in total. The minimum absolute atomic E-state index is 0.0332. The minimum Gasteiger partial charge on any atom is -0.462 e. The van der Waals surface area contributed by atoms with Crippen molar-refractivity contribution >= 4 is 17.8 Å². The lowest BCUT2D eigenvalue weighted by molar-refractivity contribution is -0.123. The van der Waals surface area contributed by atoms with E-state index in [4.69, 9.17) is 9.26 Å². The van der Waals surface area contributed by atoms with Crippen LogP contribution in [0.3, 0.4) is 0 Å². The molecule has 1 N–H and O–H groups in total. The average molecular weight is 254 g/mol. The third kappa shape index (κ3) is 3.09. The van der Waals surface area contributed by atoms with Crippen LogP contribution in [-0.4, -0.2) is 23.6 Å². The maximum Gasteiger partial charge on any atom is 0.345 e. The normalized spacial score (nSPS) is 11.2. The van der Waals surface area contributed by atoms with Crippen LogP contribution in [0, 0.1) is 12.3 Å². The smallest absolute Gasteiger partial charge is 0.345 e. The van der Waals surface area contributed by atoms with E-state index < -0.39 is 11.4 Å². The summed E-state index contributed by atoms with van der Waals surface area (Å²) in [6, 6.07) is 0. The van der Waals surface area contributed by atoms with Gasteiger partial charge in [0.15, 0.2) is 0 Å². The second kappa shape index (κ2) is 5.20. The highest BCUT2D eigenvalue weighted by atomic mass is 16.5. The summed E-state index contributed by atoms with van der Waals surface area (Å²) in [5.74, 6) is -0.782. The molecule has 0 unspecified atom stereocenters. The number of nitrogens with one attached hydrogen (secondary N) is 1. The Kier molecular flexibility index (Phi) is 4.11. The molecule has 0 atom stereocenters. The highest BCUT2D eigenvalue weighted by Crippen LogP contribution is 2.23. The van der Waals surface area contributed by atoms with E-state index in [-0.39, 0.29) is 24.0 Å². The van der Waals surface area contributed by atoms with Crippen molar-refractivity contribution < 1.29 is 18.8 Å². The minimum atomic E-state index is -0.591. The summed E-state index contributed by atoms with van der Waals surface area (Å²) in [7, 11) is 0. The predicted octanol–water partition coefficient (Wildman–Crippen LogP) is 2.14. The molecule has 0 fully saturated rings. The summed E-state index contributed by atoms with van der Waals surface area (Å²) < 4.78 is 9.83. The number of carbonyl (C=O) groups is 2. The largest absolute Gasteiger partial charge is 0.462 e. The Hall–Kier alpha value is -1.85. The van der Waals surface area contributed by atoms with E-state index in [0.717, 1.165) is 0 Å². The summed E-state index contributed by atoms with van der Waals surface area (Å²) in [4.78, 5) is 23.5. The first-order valence-corrected chi connectivity index (χ1v) is 5.72. The molecule has 1 aromatic heterocycles. The third-order valence-corrected chi connectivity index (χ3v) is 2.25. The quantitative estimate of drug-likeness (QED) is 0.836. The SMILES string of the molecule is CCOC(=O)c1c(C)noc1NC(=O)C(C)(C)C. The fourth-order valence-corrected chi connectivity index (χ4v) is 1.19. The Balaban J connectivity index is 2.98. The van der Waals surface area contributed by atoms with E-state index in [1.165, 1.54) is 0 Å². The van der Waals surface area contributed by atoms with Crippen molar-refractivity contribution in [3.63, 3.8) is 0 Å². The summed E-state index contributed by atoms with van der Waals surface area (Å²) in [5, 5.41) is 6.21. The molecule has 0 saturated heterocycles. The van der Waals surface area contributed by atoms with Gasteiger partial charge in [-0.3, -0.25) is 10.1 Å². The molecule has 0 spiro atoms. The molecular weight excluding hydrogens is 236 g/mol. The molecule has 0 aromatic carbocycles. The number of carbonyl (C=O) groups excluding carboxylic acids is 2. The molecule has 0 aliphatic rings. The van der Waals surface area contributed by atoms with Gasteiger partial charge in [0.1, 0.15) is 5.56 Å². The molecule has 6 heteroatoms. The van der Waals surface area contributed by atoms with Gasteiger partial charge in [-0.05, 0) is 13.8 Å². The van der Waals surface area contributed by atoms with Crippen LogP contribution in [0.4, 0.5) is 5.88 Å². The number of ether oxygens (including phenoxy) is 1. The number of esters is 1. The number of hydrogen-bond donors (Lipinski definition) is 1. The van der Waals surface area contributed by atoms with Crippen molar-refractivity contribution in [3.8, 4) is 0 Å². The van der Waals surface area contributed by atoms with Crippen molar-refractivity contribution in [3.05, 3.63) is 11.3 Å². The Labute approximate surface area is 106 Å². The van der Waals surface area contributed by atoms with Gasteiger partial charge in [-0.2, -0.15) is 0 Å². The lowest BCUT2D eigenvalue weighted by Gasteiger charge is -2.16. The number of rotatable bonds is 3. The van der Waals surface area contributed by atoms with Crippen LogP contribution in [0.15, 0.2) is 4.52 Å². The predicted molar refractivity (Wildman–Crippen MR) is 65.3 cm³/mol. The standard InChI is InChI=1S/C12H18N2O4/c1-6-17-10(15)8-7(2)14-18-9(8)13-11(16)12(3,4)5/h6H2,1-5H3,(H,13,16). The Morgan fingerprint density at radius 1 is 1.39 bits per heavy atom. The molecule has 0 saturated carbocycles. The molecule has 0 bridgehead atoms. The van der Waals surface area contributed by atoms with Crippen molar-refractivity contribution in [1.82, 2.24) is 5.16 Å². The first-order valence-electron chi connectivity index (χ1n) is 5.72. The van der Waals surface area contributed by atoms with Crippen LogP contribution in [0.2, 0.25) is 0 Å². The zero-order chi connectivity index (χ0) is 13.9. The van der Waals surface area contributed by atoms with Crippen LogP contribution in [-0.2, 0) is 9.53 Å². The van der Waals surface area contributed by atoms with Crippen LogP contribution in [0.5, 0.6) is 0 Å². The van der Waals surface area contributed by atoms with Crippen molar-refractivity contribution in [1.29, 1.82) is 0 Å². The topological polar surface area (TPSA) is 81.4 Å². The summed E-state index contributed by atoms with van der Waals surface area (Å²) in [6.07, 6.45) is 0. The van der Waals surface area contributed by atoms with Gasteiger partial charge in [-0.25, -0.2) is 4.79 Å². The van der Waals surface area contributed by atoms with Gasteiger partial charge in [-0.1, -0.05) is 25.9 Å². The molecular formula is C12H18N2O4. The van der Waals surface area contributed by atoms with E-state index in [1.807, 2.05) is 0 Å². The molecule has 1 amide bonds. The number of aryl methyl sites for hydroxylation is 1. The monoisotopic (exact) mass is 254 g/mol. The number of anilines is 1. The number of nitrogens with zero attached hydrogens (tertiary/aromatic N) is 1. The Bertz CT molecular complexity index is 457. The molecule has 18 heavy (non-hydrogen) atoms. The molecule has 1 aromatic rings. The molecule has 0 aliphatic heterocycles. The van der Waals surface area contributed by atoms with Gasteiger partial charge in [0, 0.05) is 5.41 Å². The summed E-state index contributed by atoms with van der Waals surface area (Å²) in [5.41, 5.74) is -0.0424. The van der Waals surface area contributed by atoms with Crippen LogP contribution in [0.1, 0.15) is 43.7 Å². The van der Waals surface area contributed by atoms with Gasteiger partial charge < -0.3 is 9.26 Å². The number of aromatic nitrogens is 1. The molecule has 100 valence electrons. The van der Waals surface area contributed by atoms with Crippen LogP contribution in [0.25, 0.3) is 0 Å². The Morgan fingerprint density at radius 2 is 2.00 bits per heavy atom. The molecule has 0 aliphatic carbocycles. The van der Waals surface area contributed by atoms with Crippen LogP contribution >= 0.6 is 0 Å². The fourth-order valence-electron chi connectivity index (χ4n) is 1.19. The van der Waals surface area contributed by atoms with Crippen molar-refractivity contribution in [2.24, 2.45) is 5.41 Å². The maximum absolute atomic E-state index is 11.8. The zero-order valence-electron chi connectivity index (χ0n) is 11.3. The van der Waals surface area contributed by atoms with Gasteiger partial charge >= 0.3 is 5.97 Å².